The third-order valence-electron chi connectivity index (χ3n) is 6.61. The number of carbonyl (C=O) groups excluding carboxylic acids is 1. The summed E-state index contributed by atoms with van der Waals surface area (Å²) in [4.78, 5) is 37.5. The van der Waals surface area contributed by atoms with Crippen LogP contribution in [0, 0.1) is 5.82 Å². The van der Waals surface area contributed by atoms with Crippen LogP contribution in [0.4, 0.5) is 38.9 Å². The summed E-state index contributed by atoms with van der Waals surface area (Å²) >= 11 is 0. The number of nitrogens with one attached hydrogen (secondary N) is 3. The van der Waals surface area contributed by atoms with Gasteiger partial charge in [0, 0.05) is 62.8 Å². The van der Waals surface area contributed by atoms with Crippen molar-refractivity contribution in [3.05, 3.63) is 89.8 Å². The molecule has 0 aliphatic heterocycles. The van der Waals surface area contributed by atoms with Gasteiger partial charge in [-0.25, -0.2) is 9.37 Å². The standard InChI is InChI=1S/C31H35FN8O3/c1-7-28(41)34-24-16-25(27(43-6)17-26(24)39(4)15-14-38(2)3)36-31-33-18-21(20-12-13-29(42)40(5)19-20)30(37-31)35-23-11-9-8-10-22(23)32/h7-13,16-19H,1,14-15H2,2-6H3,(H,34,41)(H2,33,35,36,37). The summed E-state index contributed by atoms with van der Waals surface area (Å²) in [5.74, 6) is 0.145. The molecule has 0 atom stereocenters. The highest BCUT2D eigenvalue weighted by atomic mass is 19.1. The van der Waals surface area contributed by atoms with Crippen LogP contribution in [0.2, 0.25) is 0 Å². The molecular formula is C31H35FN8O3. The van der Waals surface area contributed by atoms with Gasteiger partial charge in [0.05, 0.1) is 29.9 Å². The first-order chi connectivity index (χ1) is 20.6. The summed E-state index contributed by atoms with van der Waals surface area (Å²) in [6.07, 6.45) is 4.43. The van der Waals surface area contributed by atoms with Crippen molar-refractivity contribution in [3.8, 4) is 16.9 Å². The van der Waals surface area contributed by atoms with E-state index in [4.69, 9.17) is 4.74 Å². The van der Waals surface area contributed by atoms with E-state index >= 15 is 0 Å². The van der Waals surface area contributed by atoms with Crippen LogP contribution in [0.3, 0.4) is 0 Å². The average Bonchev–Trinajstić information content (AvgIpc) is 2.98. The highest BCUT2D eigenvalue weighted by molar-refractivity contribution is 6.02. The number of amides is 1. The normalized spacial score (nSPS) is 10.8. The van der Waals surface area contributed by atoms with Crippen molar-refractivity contribution in [3.63, 3.8) is 0 Å². The SMILES string of the molecule is C=CC(=O)Nc1cc(Nc2ncc(-c3ccc(=O)n(C)c3)c(Nc3ccccc3F)n2)c(OC)cc1N(C)CCN(C)C. The molecule has 2 aromatic heterocycles. The molecule has 11 nitrogen and oxygen atoms in total. The minimum Gasteiger partial charge on any atom is -0.494 e. The smallest absolute Gasteiger partial charge is 0.250 e. The minimum absolute atomic E-state index is 0.172. The second kappa shape index (κ2) is 13.6. The number of likely N-dealkylation sites (N-methyl/N-ethyl adjacent to an activating group) is 2. The zero-order valence-electron chi connectivity index (χ0n) is 24.8. The highest BCUT2D eigenvalue weighted by Gasteiger charge is 2.18. The third kappa shape index (κ3) is 7.54. The summed E-state index contributed by atoms with van der Waals surface area (Å²) in [7, 11) is 9.09. The summed E-state index contributed by atoms with van der Waals surface area (Å²) in [5, 5.41) is 9.09. The van der Waals surface area contributed by atoms with Gasteiger partial charge in [0.1, 0.15) is 17.4 Å². The van der Waals surface area contributed by atoms with Crippen molar-refractivity contribution >= 4 is 40.4 Å². The summed E-state index contributed by atoms with van der Waals surface area (Å²) < 4.78 is 21.8. The molecule has 0 aliphatic rings. The number of nitrogens with zero attached hydrogens (tertiary/aromatic N) is 5. The molecule has 0 radical (unpaired) electrons. The fraction of sp³-hybridized carbons (Fsp3) is 0.226. The number of rotatable bonds is 12. The van der Waals surface area contributed by atoms with Crippen molar-refractivity contribution in [1.82, 2.24) is 19.4 Å². The Balaban J connectivity index is 1.78. The Hall–Kier alpha value is -5.23. The molecule has 0 saturated carbocycles. The van der Waals surface area contributed by atoms with Crippen LogP contribution in [0.1, 0.15) is 0 Å². The van der Waals surface area contributed by atoms with Crippen LogP contribution in [-0.2, 0) is 11.8 Å². The van der Waals surface area contributed by atoms with E-state index in [1.807, 2.05) is 32.1 Å². The summed E-state index contributed by atoms with van der Waals surface area (Å²) in [5.41, 5.74) is 3.01. The Labute approximate surface area is 249 Å². The van der Waals surface area contributed by atoms with Crippen LogP contribution < -0.4 is 31.1 Å². The molecule has 2 aromatic carbocycles. The second-order valence-corrected chi connectivity index (χ2v) is 10.0. The largest absolute Gasteiger partial charge is 0.494 e. The van der Waals surface area contributed by atoms with E-state index in [1.165, 1.54) is 22.8 Å². The fourth-order valence-corrected chi connectivity index (χ4v) is 4.22. The van der Waals surface area contributed by atoms with E-state index in [-0.39, 0.29) is 23.1 Å². The van der Waals surface area contributed by atoms with Crippen molar-refractivity contribution in [2.24, 2.45) is 7.05 Å². The van der Waals surface area contributed by atoms with Crippen molar-refractivity contribution in [2.75, 3.05) is 62.2 Å². The van der Waals surface area contributed by atoms with Crippen LogP contribution in [0.15, 0.2) is 78.4 Å². The third-order valence-corrected chi connectivity index (χ3v) is 6.61. The number of pyridine rings is 1. The topological polar surface area (TPSA) is 117 Å². The number of carbonyl (C=O) groups is 1. The Bertz CT molecular complexity index is 1690. The number of benzene rings is 2. The average molecular weight is 587 g/mol. The van der Waals surface area contributed by atoms with Gasteiger partial charge in [-0.2, -0.15) is 4.98 Å². The van der Waals surface area contributed by atoms with Crippen LogP contribution in [-0.4, -0.2) is 66.7 Å². The van der Waals surface area contributed by atoms with Gasteiger partial charge in [-0.1, -0.05) is 18.7 Å². The van der Waals surface area contributed by atoms with E-state index in [9.17, 15) is 14.0 Å². The van der Waals surface area contributed by atoms with E-state index in [0.29, 0.717) is 40.6 Å². The zero-order valence-corrected chi connectivity index (χ0v) is 24.8. The van der Waals surface area contributed by atoms with Gasteiger partial charge in [-0.05, 0) is 44.4 Å². The first kappa shape index (κ1) is 30.7. The van der Waals surface area contributed by atoms with Gasteiger partial charge in [0.25, 0.3) is 0 Å². The fourth-order valence-electron chi connectivity index (χ4n) is 4.22. The monoisotopic (exact) mass is 586 g/mol. The van der Waals surface area contributed by atoms with Gasteiger partial charge >= 0.3 is 0 Å². The molecule has 0 unspecified atom stereocenters. The number of methoxy groups -OCH3 is 1. The molecule has 43 heavy (non-hydrogen) atoms. The molecular weight excluding hydrogens is 551 g/mol. The number of hydrogen-bond acceptors (Lipinski definition) is 9. The molecule has 4 aromatic rings. The first-order valence-corrected chi connectivity index (χ1v) is 13.4. The van der Waals surface area contributed by atoms with E-state index < -0.39 is 5.82 Å². The lowest BCUT2D eigenvalue weighted by Crippen LogP contribution is -2.29. The predicted octanol–water partition coefficient (Wildman–Crippen LogP) is 4.60. The van der Waals surface area contributed by atoms with Gasteiger partial charge in [-0.15, -0.1) is 0 Å². The van der Waals surface area contributed by atoms with Gasteiger partial charge < -0.3 is 35.1 Å². The molecule has 0 spiro atoms. The second-order valence-electron chi connectivity index (χ2n) is 10.0. The Morgan fingerprint density at radius 1 is 1.07 bits per heavy atom. The molecule has 3 N–H and O–H groups in total. The van der Waals surface area contributed by atoms with Crippen molar-refractivity contribution < 1.29 is 13.9 Å². The summed E-state index contributed by atoms with van der Waals surface area (Å²) in [6, 6.07) is 12.9. The number of aromatic nitrogens is 3. The molecule has 0 fully saturated rings. The lowest BCUT2D eigenvalue weighted by molar-refractivity contribution is -0.111. The van der Waals surface area contributed by atoms with Gasteiger partial charge in [0.2, 0.25) is 17.4 Å². The molecule has 1 amide bonds. The maximum atomic E-state index is 14.6. The maximum absolute atomic E-state index is 14.6. The Morgan fingerprint density at radius 3 is 2.51 bits per heavy atom. The maximum Gasteiger partial charge on any atom is 0.250 e. The van der Waals surface area contributed by atoms with E-state index in [2.05, 4.69) is 37.4 Å². The predicted molar refractivity (Wildman–Crippen MR) is 169 cm³/mol. The molecule has 0 bridgehead atoms. The highest BCUT2D eigenvalue weighted by Crippen LogP contribution is 2.38. The van der Waals surface area contributed by atoms with Crippen LogP contribution in [0.25, 0.3) is 11.1 Å². The Kier molecular flexibility index (Phi) is 9.73. The summed E-state index contributed by atoms with van der Waals surface area (Å²) in [6.45, 7) is 5.05. The van der Waals surface area contributed by atoms with Gasteiger partial charge in [0.15, 0.2) is 0 Å². The molecule has 0 saturated heterocycles. The number of para-hydroxylation sites is 1. The zero-order chi connectivity index (χ0) is 31.1. The quantitative estimate of drug-likeness (QED) is 0.205. The van der Waals surface area contributed by atoms with Crippen LogP contribution in [0.5, 0.6) is 5.75 Å². The van der Waals surface area contributed by atoms with E-state index in [0.717, 1.165) is 12.2 Å². The van der Waals surface area contributed by atoms with Gasteiger partial charge in [-0.3, -0.25) is 9.59 Å². The lowest BCUT2D eigenvalue weighted by atomic mass is 10.1. The first-order valence-electron chi connectivity index (χ1n) is 13.4. The number of hydrogen-bond donors (Lipinski definition) is 3. The Morgan fingerprint density at radius 2 is 1.84 bits per heavy atom. The molecule has 224 valence electrons. The van der Waals surface area contributed by atoms with E-state index in [1.54, 1.807) is 56.9 Å². The molecule has 0 aliphatic carbocycles. The molecule has 2 heterocycles. The van der Waals surface area contributed by atoms with Crippen molar-refractivity contribution in [2.45, 2.75) is 0 Å². The molecule has 4 rings (SSSR count). The number of halogens is 1. The molecule has 12 heteroatoms. The van der Waals surface area contributed by atoms with Crippen molar-refractivity contribution in [1.29, 1.82) is 0 Å². The number of aryl methyl sites for hydroxylation is 1. The lowest BCUT2D eigenvalue weighted by Gasteiger charge is -2.26. The van der Waals surface area contributed by atoms with Crippen LogP contribution >= 0.6 is 0 Å². The number of ether oxygens (including phenoxy) is 1. The minimum atomic E-state index is -0.458. The number of anilines is 6.